The Labute approximate surface area is 68.9 Å². The molecule has 0 bridgehead atoms. The van der Waals surface area contributed by atoms with E-state index in [9.17, 15) is 0 Å². The molecule has 0 unspecified atom stereocenters. The van der Waals surface area contributed by atoms with Crippen LogP contribution < -0.4 is 20.4 Å². The van der Waals surface area contributed by atoms with E-state index < -0.39 is 12.3 Å². The molecule has 0 aromatic rings. The Balaban J connectivity index is -0.0000000720. The Kier molecular flexibility index (Phi) is 18.3. The van der Waals surface area contributed by atoms with E-state index >= 15 is 0 Å². The first-order valence-corrected chi connectivity index (χ1v) is 1.22. The minimum Gasteiger partial charge on any atom is -0.652 e. The standard InChI is InChI=1S/2CH2O3.Bi/c2*2-1(3)4;/h2*(H2,2,3,4);/p-4. The van der Waals surface area contributed by atoms with Crippen molar-refractivity contribution < 1.29 is 30.0 Å². The maximum atomic E-state index is 8.33. The molecule has 0 fully saturated rings. The summed E-state index contributed by atoms with van der Waals surface area (Å²) in [7, 11) is 0. The second kappa shape index (κ2) is 10.4. The van der Waals surface area contributed by atoms with Gasteiger partial charge >= 0.3 is 0 Å². The Morgan fingerprint density at radius 2 is 0.778 bits per heavy atom. The molecule has 3 radical (unpaired) electrons. The number of hydrogen-bond donors (Lipinski definition) is 0. The summed E-state index contributed by atoms with van der Waals surface area (Å²) >= 11 is 0. The molecule has 0 saturated heterocycles. The van der Waals surface area contributed by atoms with Gasteiger partial charge in [-0.1, -0.05) is 0 Å². The monoisotopic (exact) mass is 329 g/mol. The molecule has 9 heavy (non-hydrogen) atoms. The van der Waals surface area contributed by atoms with Gasteiger partial charge < -0.3 is 30.0 Å². The largest absolute Gasteiger partial charge is 0.652 e. The average Bonchev–Trinajstić information content (AvgIpc) is 1.25. The van der Waals surface area contributed by atoms with Crippen molar-refractivity contribution in [2.45, 2.75) is 0 Å². The predicted molar refractivity (Wildman–Crippen MR) is 16.5 cm³/mol. The fourth-order valence-electron chi connectivity index (χ4n) is 0. The molecule has 0 saturated carbocycles. The number of carbonyl (C=O) groups is 2. The van der Waals surface area contributed by atoms with Crippen LogP contribution in [0.15, 0.2) is 0 Å². The van der Waals surface area contributed by atoms with Gasteiger partial charge in [0.25, 0.3) is 0 Å². The van der Waals surface area contributed by atoms with Crippen molar-refractivity contribution in [3.05, 3.63) is 0 Å². The fraction of sp³-hybridized carbons (Fsp3) is 0. The van der Waals surface area contributed by atoms with Crippen molar-refractivity contribution in [1.82, 2.24) is 0 Å². The summed E-state index contributed by atoms with van der Waals surface area (Å²) in [5, 5.41) is 33.3. The van der Waals surface area contributed by atoms with Crippen LogP contribution in [0.1, 0.15) is 0 Å². The van der Waals surface area contributed by atoms with Gasteiger partial charge in [-0.15, -0.1) is 0 Å². The van der Waals surface area contributed by atoms with Gasteiger partial charge in [0.05, 0.1) is 0 Å². The Hall–Kier alpha value is -0.577. The van der Waals surface area contributed by atoms with E-state index in [2.05, 4.69) is 0 Å². The van der Waals surface area contributed by atoms with Gasteiger partial charge in [0.2, 0.25) is 0 Å². The smallest absolute Gasteiger partial charge is 0 e. The number of hydrogen-bond acceptors (Lipinski definition) is 6. The van der Waals surface area contributed by atoms with Gasteiger partial charge in [0, 0.05) is 26.2 Å². The first-order valence-electron chi connectivity index (χ1n) is 1.22. The molecule has 0 atom stereocenters. The summed E-state index contributed by atoms with van der Waals surface area (Å²) in [6, 6.07) is 0. The maximum absolute atomic E-state index is 8.33. The van der Waals surface area contributed by atoms with Crippen molar-refractivity contribution in [1.29, 1.82) is 0 Å². The molecule has 6 nitrogen and oxygen atoms in total. The first kappa shape index (κ1) is 15.8. The van der Waals surface area contributed by atoms with Crippen molar-refractivity contribution in [3.8, 4) is 0 Å². The summed E-state index contributed by atoms with van der Waals surface area (Å²) in [5.41, 5.74) is 0. The van der Waals surface area contributed by atoms with E-state index in [4.69, 9.17) is 30.0 Å². The normalized spacial score (nSPS) is 5.33. The number of carboxylic acid groups (broad SMARTS) is 4. The van der Waals surface area contributed by atoms with Crippen molar-refractivity contribution in [3.63, 3.8) is 0 Å². The van der Waals surface area contributed by atoms with E-state index in [0.717, 1.165) is 0 Å². The molecular formula is C2BiO6-4. The van der Waals surface area contributed by atoms with Crippen LogP contribution in [0, 0.1) is 0 Å². The van der Waals surface area contributed by atoms with Gasteiger partial charge in [-0.05, 0) is 12.3 Å². The summed E-state index contributed by atoms with van der Waals surface area (Å²) in [6.45, 7) is 0. The van der Waals surface area contributed by atoms with Crippen molar-refractivity contribution >= 4 is 38.5 Å². The number of rotatable bonds is 0. The van der Waals surface area contributed by atoms with Crippen LogP contribution >= 0.6 is 0 Å². The maximum Gasteiger partial charge on any atom is 0 e. The Morgan fingerprint density at radius 3 is 0.778 bits per heavy atom. The third-order valence-electron chi connectivity index (χ3n) is 0. The minimum atomic E-state index is -2.33. The summed E-state index contributed by atoms with van der Waals surface area (Å²) < 4.78 is 0. The first-order chi connectivity index (χ1) is 3.46. The third kappa shape index (κ3) is 656. The van der Waals surface area contributed by atoms with Crippen LogP contribution in [0.25, 0.3) is 0 Å². The predicted octanol–water partition coefficient (Wildman–Crippen LogP) is -5.27. The van der Waals surface area contributed by atoms with E-state index in [1.807, 2.05) is 0 Å². The Bertz CT molecular complexity index is 69.1. The van der Waals surface area contributed by atoms with Crippen LogP contribution in [0.4, 0.5) is 9.59 Å². The zero-order valence-electron chi connectivity index (χ0n) is 3.90. The van der Waals surface area contributed by atoms with Crippen LogP contribution in [0.3, 0.4) is 0 Å². The molecule has 0 N–H and O–H groups in total. The van der Waals surface area contributed by atoms with Crippen LogP contribution in [0.2, 0.25) is 0 Å². The van der Waals surface area contributed by atoms with Crippen LogP contribution in [-0.4, -0.2) is 38.5 Å². The van der Waals surface area contributed by atoms with Crippen LogP contribution in [0.5, 0.6) is 0 Å². The summed E-state index contributed by atoms with van der Waals surface area (Å²) in [5.74, 6) is 0. The van der Waals surface area contributed by atoms with Gasteiger partial charge in [-0.2, -0.15) is 0 Å². The van der Waals surface area contributed by atoms with Gasteiger partial charge in [-0.25, -0.2) is 0 Å². The number of carbonyl (C=O) groups excluding carboxylic acids is 2. The third-order valence-corrected chi connectivity index (χ3v) is 0. The molecule has 0 aliphatic heterocycles. The second-order valence-corrected chi connectivity index (χ2v) is 0.500. The molecule has 0 aliphatic rings. The molecule has 0 aromatic heterocycles. The molecule has 7 heteroatoms. The molecule has 0 amide bonds. The summed E-state index contributed by atoms with van der Waals surface area (Å²) in [4.78, 5) is 16.7. The van der Waals surface area contributed by atoms with Gasteiger partial charge in [-0.3, -0.25) is 0 Å². The van der Waals surface area contributed by atoms with Crippen LogP contribution in [-0.2, 0) is 0 Å². The van der Waals surface area contributed by atoms with Gasteiger partial charge in [0.15, 0.2) is 0 Å². The molecule has 0 aromatic carbocycles. The zero-order chi connectivity index (χ0) is 7.15. The molecular weight excluding hydrogens is 329 g/mol. The minimum absolute atomic E-state index is 0. The Morgan fingerprint density at radius 1 is 0.778 bits per heavy atom. The second-order valence-electron chi connectivity index (χ2n) is 0.500. The van der Waals surface area contributed by atoms with Crippen molar-refractivity contribution in [2.75, 3.05) is 0 Å². The zero-order valence-corrected chi connectivity index (χ0v) is 7.37. The molecule has 0 heterocycles. The van der Waals surface area contributed by atoms with E-state index in [1.165, 1.54) is 0 Å². The topological polar surface area (TPSA) is 126 Å². The van der Waals surface area contributed by atoms with E-state index in [0.29, 0.717) is 0 Å². The fourth-order valence-corrected chi connectivity index (χ4v) is 0. The van der Waals surface area contributed by atoms with Gasteiger partial charge in [0.1, 0.15) is 0 Å². The quantitative estimate of drug-likeness (QED) is 0.409. The summed E-state index contributed by atoms with van der Waals surface area (Å²) in [6.07, 6.45) is -4.67. The molecule has 53 valence electrons. The molecule has 0 spiro atoms. The van der Waals surface area contributed by atoms with Crippen molar-refractivity contribution in [2.24, 2.45) is 0 Å². The van der Waals surface area contributed by atoms with E-state index in [-0.39, 0.29) is 26.2 Å². The van der Waals surface area contributed by atoms with E-state index in [1.54, 1.807) is 0 Å². The average molecular weight is 329 g/mol. The SMILES string of the molecule is O=C([O-])[O-].O=C([O-])[O-].[Bi]. The molecule has 0 aliphatic carbocycles. The molecule has 0 rings (SSSR count).